The van der Waals surface area contributed by atoms with Crippen LogP contribution in [0.1, 0.15) is 23.7 Å². The summed E-state index contributed by atoms with van der Waals surface area (Å²) in [5.41, 5.74) is 2.17. The Morgan fingerprint density at radius 2 is 2.18 bits per heavy atom. The van der Waals surface area contributed by atoms with Gasteiger partial charge in [0.1, 0.15) is 17.4 Å². The van der Waals surface area contributed by atoms with E-state index < -0.39 is 0 Å². The normalized spacial score (nSPS) is 12.4. The minimum Gasteiger partial charge on any atom is -0.317 e. The first-order valence-corrected chi connectivity index (χ1v) is 5.73. The molecule has 5 heteroatoms. The Labute approximate surface area is 105 Å². The second-order valence-electron chi connectivity index (χ2n) is 4.03. The molecular formula is C12H13ClN4. The van der Waals surface area contributed by atoms with Crippen LogP contribution in [0.4, 0.5) is 0 Å². The smallest absolute Gasteiger partial charge is 0.146 e. The molecule has 1 aromatic heterocycles. The van der Waals surface area contributed by atoms with Crippen molar-refractivity contribution in [3.8, 4) is 6.07 Å². The molecule has 0 saturated heterocycles. The van der Waals surface area contributed by atoms with E-state index in [0.29, 0.717) is 11.1 Å². The molecule has 0 spiro atoms. The van der Waals surface area contributed by atoms with Crippen molar-refractivity contribution in [2.75, 3.05) is 19.1 Å². The van der Waals surface area contributed by atoms with Crippen molar-refractivity contribution in [2.45, 2.75) is 12.3 Å². The van der Waals surface area contributed by atoms with Gasteiger partial charge in [-0.2, -0.15) is 5.26 Å². The maximum atomic E-state index is 9.07. The van der Waals surface area contributed by atoms with Gasteiger partial charge in [-0.1, -0.05) is 6.07 Å². The number of fused-ring (bicyclic) bond motifs is 1. The lowest BCUT2D eigenvalue weighted by atomic mass is 10.2. The lowest BCUT2D eigenvalue weighted by Crippen LogP contribution is -2.26. The highest BCUT2D eigenvalue weighted by atomic mass is 35.5. The van der Waals surface area contributed by atoms with Crippen molar-refractivity contribution < 1.29 is 0 Å². The summed E-state index contributed by atoms with van der Waals surface area (Å²) in [7, 11) is 3.84. The quantitative estimate of drug-likeness (QED) is 0.767. The highest BCUT2D eigenvalue weighted by molar-refractivity contribution is 6.20. The van der Waals surface area contributed by atoms with Gasteiger partial charge in [0.25, 0.3) is 0 Å². The molecule has 0 N–H and O–H groups in total. The van der Waals surface area contributed by atoms with Gasteiger partial charge in [-0.15, -0.1) is 11.6 Å². The van der Waals surface area contributed by atoms with Crippen molar-refractivity contribution in [1.29, 1.82) is 5.26 Å². The molecule has 0 fully saturated rings. The van der Waals surface area contributed by atoms with Crippen molar-refractivity contribution >= 4 is 22.6 Å². The van der Waals surface area contributed by atoms with Crippen LogP contribution in [-0.2, 0) is 0 Å². The summed E-state index contributed by atoms with van der Waals surface area (Å²) in [5, 5.41) is 10.8. The first-order valence-electron chi connectivity index (χ1n) is 5.29. The topological polar surface area (TPSA) is 44.9 Å². The van der Waals surface area contributed by atoms with E-state index in [1.807, 2.05) is 42.8 Å². The molecule has 1 unspecified atom stereocenters. The molecular weight excluding hydrogens is 236 g/mol. The van der Waals surface area contributed by atoms with E-state index >= 15 is 0 Å². The van der Waals surface area contributed by atoms with E-state index in [4.69, 9.17) is 16.9 Å². The van der Waals surface area contributed by atoms with E-state index in [0.717, 1.165) is 11.3 Å². The van der Waals surface area contributed by atoms with Gasteiger partial charge >= 0.3 is 0 Å². The van der Waals surface area contributed by atoms with Crippen molar-refractivity contribution in [3.05, 3.63) is 29.6 Å². The van der Waals surface area contributed by atoms with E-state index in [2.05, 4.69) is 11.1 Å². The summed E-state index contributed by atoms with van der Waals surface area (Å²) in [6, 6.07) is 7.70. The zero-order valence-electron chi connectivity index (χ0n) is 9.98. The number of para-hydroxylation sites is 1. The zero-order valence-corrected chi connectivity index (χ0v) is 10.7. The van der Waals surface area contributed by atoms with Crippen molar-refractivity contribution in [3.63, 3.8) is 0 Å². The molecule has 0 aliphatic rings. The predicted molar refractivity (Wildman–Crippen MR) is 68.8 cm³/mol. The summed E-state index contributed by atoms with van der Waals surface area (Å²) in [6.45, 7) is 1.87. The number of nitrogens with zero attached hydrogens (tertiary/aromatic N) is 4. The zero-order chi connectivity index (χ0) is 12.6. The first-order chi connectivity index (χ1) is 8.06. The summed E-state index contributed by atoms with van der Waals surface area (Å²) in [5.74, 6) is 0.745. The second-order valence-corrected chi connectivity index (χ2v) is 4.68. The van der Waals surface area contributed by atoms with Gasteiger partial charge in [0.15, 0.2) is 0 Å². The average molecular weight is 249 g/mol. The summed E-state index contributed by atoms with van der Waals surface area (Å²) in [6.07, 6.45) is 0. The van der Waals surface area contributed by atoms with Gasteiger partial charge in [0.05, 0.1) is 16.5 Å². The van der Waals surface area contributed by atoms with Gasteiger partial charge < -0.3 is 5.01 Å². The Bertz CT molecular complexity index is 592. The summed E-state index contributed by atoms with van der Waals surface area (Å²) < 4.78 is 1.92. The number of hydrogen-bond acceptors (Lipinski definition) is 3. The van der Waals surface area contributed by atoms with Crippen LogP contribution in [0, 0.1) is 11.3 Å². The van der Waals surface area contributed by atoms with E-state index in [9.17, 15) is 0 Å². The third-order valence-corrected chi connectivity index (χ3v) is 2.76. The highest BCUT2D eigenvalue weighted by Gasteiger charge is 2.17. The molecule has 2 aromatic rings. The van der Waals surface area contributed by atoms with Crippen LogP contribution >= 0.6 is 11.6 Å². The Kier molecular flexibility index (Phi) is 2.95. The van der Waals surface area contributed by atoms with Crippen molar-refractivity contribution in [2.24, 2.45) is 0 Å². The van der Waals surface area contributed by atoms with Crippen LogP contribution in [0.3, 0.4) is 0 Å². The Hall–Kier alpha value is -1.73. The van der Waals surface area contributed by atoms with Gasteiger partial charge in [-0.3, -0.25) is 0 Å². The van der Waals surface area contributed by atoms with E-state index in [1.54, 1.807) is 6.07 Å². The molecule has 0 bridgehead atoms. The fraction of sp³-hybridized carbons (Fsp3) is 0.333. The van der Waals surface area contributed by atoms with E-state index in [-0.39, 0.29) is 5.38 Å². The van der Waals surface area contributed by atoms with Crippen molar-refractivity contribution in [1.82, 2.24) is 9.66 Å². The molecule has 0 aliphatic heterocycles. The van der Waals surface area contributed by atoms with Crippen LogP contribution in [0.5, 0.6) is 0 Å². The lowest BCUT2D eigenvalue weighted by Gasteiger charge is -2.19. The molecule has 0 saturated carbocycles. The summed E-state index contributed by atoms with van der Waals surface area (Å²) >= 11 is 6.13. The minimum absolute atomic E-state index is 0.212. The second kappa shape index (κ2) is 4.27. The molecule has 17 heavy (non-hydrogen) atoms. The number of hydrogen-bond donors (Lipinski definition) is 0. The van der Waals surface area contributed by atoms with Gasteiger partial charge in [-0.25, -0.2) is 9.66 Å². The lowest BCUT2D eigenvalue weighted by molar-refractivity contribution is 0.694. The highest BCUT2D eigenvalue weighted by Crippen LogP contribution is 2.25. The molecule has 2 rings (SSSR count). The number of rotatable bonds is 2. The van der Waals surface area contributed by atoms with E-state index in [1.165, 1.54) is 0 Å². The molecule has 1 aromatic carbocycles. The van der Waals surface area contributed by atoms with Crippen LogP contribution < -0.4 is 5.01 Å². The Balaban J connectivity index is 2.85. The number of halogens is 1. The minimum atomic E-state index is -0.212. The molecule has 4 nitrogen and oxygen atoms in total. The Morgan fingerprint density at radius 3 is 2.71 bits per heavy atom. The standard InChI is InChI=1S/C12H13ClN4/c1-8(13)12-15-11-9(7-14)5-4-6-10(11)17(12)16(2)3/h4-6,8H,1-3H3. The number of aromatic nitrogens is 2. The fourth-order valence-electron chi connectivity index (χ4n) is 1.87. The van der Waals surface area contributed by atoms with Crippen LogP contribution in [0.15, 0.2) is 18.2 Å². The summed E-state index contributed by atoms with van der Waals surface area (Å²) in [4.78, 5) is 4.47. The van der Waals surface area contributed by atoms with Gasteiger partial charge in [0, 0.05) is 14.1 Å². The third-order valence-electron chi connectivity index (χ3n) is 2.56. The predicted octanol–water partition coefficient (Wildman–Crippen LogP) is 2.41. The maximum absolute atomic E-state index is 9.07. The fourth-order valence-corrected chi connectivity index (χ4v) is 2.01. The molecule has 88 valence electrons. The molecule has 0 aliphatic carbocycles. The Morgan fingerprint density at radius 1 is 1.47 bits per heavy atom. The maximum Gasteiger partial charge on any atom is 0.146 e. The van der Waals surface area contributed by atoms with Gasteiger partial charge in [0.2, 0.25) is 0 Å². The van der Waals surface area contributed by atoms with Crippen LogP contribution in [0.2, 0.25) is 0 Å². The number of alkyl halides is 1. The van der Waals surface area contributed by atoms with Crippen LogP contribution in [0.25, 0.3) is 11.0 Å². The van der Waals surface area contributed by atoms with Crippen LogP contribution in [-0.4, -0.2) is 23.8 Å². The number of benzene rings is 1. The number of nitriles is 1. The first kappa shape index (κ1) is 11.7. The third kappa shape index (κ3) is 1.83. The molecule has 0 amide bonds. The molecule has 0 radical (unpaired) electrons. The SMILES string of the molecule is CC(Cl)c1nc2c(C#N)cccc2n1N(C)C. The van der Waals surface area contributed by atoms with Gasteiger partial charge in [-0.05, 0) is 19.1 Å². The molecule has 1 atom stereocenters. The molecule has 1 heterocycles. The largest absolute Gasteiger partial charge is 0.317 e. The number of imidazole rings is 1. The monoisotopic (exact) mass is 248 g/mol. The average Bonchev–Trinajstić information content (AvgIpc) is 2.67.